The third-order valence-corrected chi connectivity index (χ3v) is 3.68. The van der Waals surface area contributed by atoms with Gasteiger partial charge in [0, 0.05) is 17.1 Å². The predicted molar refractivity (Wildman–Crippen MR) is 73.0 cm³/mol. The third kappa shape index (κ3) is 3.32. The van der Waals surface area contributed by atoms with Gasteiger partial charge in [-0.1, -0.05) is 29.3 Å². The van der Waals surface area contributed by atoms with Crippen LogP contribution in [0.3, 0.4) is 0 Å². The van der Waals surface area contributed by atoms with Gasteiger partial charge in [-0.3, -0.25) is 4.79 Å². The highest BCUT2D eigenvalue weighted by atomic mass is 79.9. The Morgan fingerprint density at radius 2 is 1.95 bits per heavy atom. The van der Waals surface area contributed by atoms with Crippen LogP contribution >= 0.6 is 15.9 Å². The van der Waals surface area contributed by atoms with E-state index in [9.17, 15) is 13.6 Å². The van der Waals surface area contributed by atoms with E-state index in [1.54, 1.807) is 4.90 Å². The highest BCUT2D eigenvalue weighted by Crippen LogP contribution is 2.30. The van der Waals surface area contributed by atoms with Gasteiger partial charge in [-0.05, 0) is 31.4 Å². The van der Waals surface area contributed by atoms with Crippen molar-refractivity contribution in [3.05, 3.63) is 33.8 Å². The van der Waals surface area contributed by atoms with Crippen molar-refractivity contribution in [1.29, 1.82) is 0 Å². The lowest BCUT2D eigenvalue weighted by Crippen LogP contribution is -2.35. The Labute approximate surface area is 119 Å². The summed E-state index contributed by atoms with van der Waals surface area (Å²) in [6.07, 6.45) is 3.65. The van der Waals surface area contributed by atoms with E-state index >= 15 is 0 Å². The molecule has 2 nitrogen and oxygen atoms in total. The minimum Gasteiger partial charge on any atom is -0.335 e. The third-order valence-electron chi connectivity index (χ3n) is 3.22. The number of rotatable bonds is 5. The Balaban J connectivity index is 2.26. The van der Waals surface area contributed by atoms with Crippen molar-refractivity contribution in [2.24, 2.45) is 0 Å². The number of amides is 1. The van der Waals surface area contributed by atoms with Crippen molar-refractivity contribution >= 4 is 21.8 Å². The van der Waals surface area contributed by atoms with Crippen LogP contribution < -0.4 is 0 Å². The van der Waals surface area contributed by atoms with Gasteiger partial charge in [0.05, 0.1) is 0 Å². The topological polar surface area (TPSA) is 20.3 Å². The zero-order valence-electron chi connectivity index (χ0n) is 10.8. The number of nitrogens with zero attached hydrogens (tertiary/aromatic N) is 1. The number of carbonyl (C=O) groups excluding carboxylic acids is 1. The van der Waals surface area contributed by atoms with Crippen LogP contribution in [0.2, 0.25) is 0 Å². The normalized spacial score (nSPS) is 14.5. The smallest absolute Gasteiger partial charge is 0.260 e. The van der Waals surface area contributed by atoms with Gasteiger partial charge in [-0.25, -0.2) is 8.78 Å². The first kappa shape index (κ1) is 14.4. The quantitative estimate of drug-likeness (QED) is 0.794. The molecule has 0 saturated heterocycles. The number of hydrogen-bond donors (Lipinski definition) is 0. The fourth-order valence-corrected chi connectivity index (χ4v) is 2.46. The lowest BCUT2D eigenvalue weighted by atomic mass is 10.1. The molecule has 0 atom stereocenters. The highest BCUT2D eigenvalue weighted by molar-refractivity contribution is 9.10. The van der Waals surface area contributed by atoms with E-state index in [1.807, 2.05) is 6.92 Å². The fourth-order valence-electron chi connectivity index (χ4n) is 2.05. The van der Waals surface area contributed by atoms with Gasteiger partial charge in [0.15, 0.2) is 0 Å². The highest BCUT2D eigenvalue weighted by Gasteiger charge is 2.34. The Morgan fingerprint density at radius 3 is 2.42 bits per heavy atom. The standard InChI is InChI=1S/C14H16BrF2NO/c1-2-3-6-18(10-4-5-10)14(19)13-11(16)7-9(15)8-12(13)17/h7-8,10H,2-6H2,1H3. The van der Waals surface area contributed by atoms with Crippen LogP contribution in [-0.4, -0.2) is 23.4 Å². The second-order valence-electron chi connectivity index (χ2n) is 4.83. The Bertz CT molecular complexity index is 465. The second kappa shape index (κ2) is 5.99. The van der Waals surface area contributed by atoms with Gasteiger partial charge in [0.2, 0.25) is 0 Å². The summed E-state index contributed by atoms with van der Waals surface area (Å²) in [5.74, 6) is -2.14. The van der Waals surface area contributed by atoms with Crippen LogP contribution in [0.15, 0.2) is 16.6 Å². The van der Waals surface area contributed by atoms with E-state index in [0.717, 1.165) is 37.8 Å². The molecule has 0 aromatic heterocycles. The van der Waals surface area contributed by atoms with Crippen molar-refractivity contribution in [1.82, 2.24) is 4.90 Å². The molecule has 1 aromatic rings. The van der Waals surface area contributed by atoms with E-state index in [2.05, 4.69) is 15.9 Å². The zero-order chi connectivity index (χ0) is 14.0. The summed E-state index contributed by atoms with van der Waals surface area (Å²) in [4.78, 5) is 13.9. The van der Waals surface area contributed by atoms with Gasteiger partial charge in [-0.2, -0.15) is 0 Å². The molecule has 19 heavy (non-hydrogen) atoms. The summed E-state index contributed by atoms with van der Waals surface area (Å²) in [6.45, 7) is 2.59. The molecule has 1 aromatic carbocycles. The predicted octanol–water partition coefficient (Wildman–Crippen LogP) is 4.13. The SMILES string of the molecule is CCCCN(C(=O)c1c(F)cc(Br)cc1F)C1CC1. The lowest BCUT2D eigenvalue weighted by molar-refractivity contribution is 0.0731. The molecule has 0 radical (unpaired) electrons. The van der Waals surface area contributed by atoms with Crippen LogP contribution in [0.4, 0.5) is 8.78 Å². The summed E-state index contributed by atoms with van der Waals surface area (Å²) >= 11 is 3.01. The molecule has 0 heterocycles. The zero-order valence-corrected chi connectivity index (χ0v) is 12.3. The number of halogens is 3. The van der Waals surface area contributed by atoms with Crippen LogP contribution in [0, 0.1) is 11.6 Å². The summed E-state index contributed by atoms with van der Waals surface area (Å²) in [6, 6.07) is 2.41. The summed E-state index contributed by atoms with van der Waals surface area (Å²) in [5, 5.41) is 0. The Hall–Kier alpha value is -0.970. The van der Waals surface area contributed by atoms with Gasteiger partial charge in [-0.15, -0.1) is 0 Å². The molecule has 5 heteroatoms. The van der Waals surface area contributed by atoms with E-state index in [4.69, 9.17) is 0 Å². The van der Waals surface area contributed by atoms with Crippen molar-refractivity contribution in [2.75, 3.05) is 6.54 Å². The summed E-state index contributed by atoms with van der Waals surface area (Å²) in [5.41, 5.74) is -0.439. The molecular formula is C14H16BrF2NO. The molecule has 0 N–H and O–H groups in total. The minimum absolute atomic E-state index is 0.154. The van der Waals surface area contributed by atoms with Crippen molar-refractivity contribution in [3.63, 3.8) is 0 Å². The average Bonchev–Trinajstić information content (AvgIpc) is 3.12. The minimum atomic E-state index is -0.806. The molecule has 1 saturated carbocycles. The second-order valence-corrected chi connectivity index (χ2v) is 5.74. The molecule has 1 aliphatic rings. The molecule has 0 spiro atoms. The average molecular weight is 332 g/mol. The van der Waals surface area contributed by atoms with Crippen LogP contribution in [0.1, 0.15) is 43.0 Å². The van der Waals surface area contributed by atoms with E-state index in [0.29, 0.717) is 11.0 Å². The van der Waals surface area contributed by atoms with Crippen molar-refractivity contribution < 1.29 is 13.6 Å². The molecule has 0 unspecified atom stereocenters. The van der Waals surface area contributed by atoms with Crippen LogP contribution in [0.5, 0.6) is 0 Å². The molecule has 0 aliphatic heterocycles. The molecular weight excluding hydrogens is 316 g/mol. The van der Waals surface area contributed by atoms with Gasteiger partial charge >= 0.3 is 0 Å². The first-order valence-electron chi connectivity index (χ1n) is 6.50. The number of unbranched alkanes of at least 4 members (excludes halogenated alkanes) is 1. The lowest BCUT2D eigenvalue weighted by Gasteiger charge is -2.22. The van der Waals surface area contributed by atoms with Gasteiger partial charge in [0.25, 0.3) is 5.91 Å². The van der Waals surface area contributed by atoms with Gasteiger partial charge < -0.3 is 4.90 Å². The molecule has 1 aliphatic carbocycles. The van der Waals surface area contributed by atoms with Crippen molar-refractivity contribution in [2.45, 2.75) is 38.6 Å². The van der Waals surface area contributed by atoms with Crippen molar-refractivity contribution in [3.8, 4) is 0 Å². The van der Waals surface area contributed by atoms with E-state index in [1.165, 1.54) is 0 Å². The number of hydrogen-bond acceptors (Lipinski definition) is 1. The summed E-state index contributed by atoms with van der Waals surface area (Å²) < 4.78 is 27.9. The largest absolute Gasteiger partial charge is 0.335 e. The monoisotopic (exact) mass is 331 g/mol. The number of carbonyl (C=O) groups is 1. The number of benzene rings is 1. The maximum Gasteiger partial charge on any atom is 0.260 e. The fraction of sp³-hybridized carbons (Fsp3) is 0.500. The molecule has 2 rings (SSSR count). The summed E-state index contributed by atoms with van der Waals surface area (Å²) in [7, 11) is 0. The Kier molecular flexibility index (Phi) is 4.55. The molecule has 1 fully saturated rings. The van der Waals surface area contributed by atoms with Crippen LogP contribution in [-0.2, 0) is 0 Å². The molecule has 0 bridgehead atoms. The molecule has 1 amide bonds. The maximum absolute atomic E-state index is 13.8. The first-order chi connectivity index (χ1) is 9.04. The Morgan fingerprint density at radius 1 is 1.37 bits per heavy atom. The van der Waals surface area contributed by atoms with E-state index in [-0.39, 0.29) is 6.04 Å². The first-order valence-corrected chi connectivity index (χ1v) is 7.29. The maximum atomic E-state index is 13.8. The molecule has 104 valence electrons. The van der Waals surface area contributed by atoms with E-state index < -0.39 is 23.1 Å². The van der Waals surface area contributed by atoms with Gasteiger partial charge in [0.1, 0.15) is 17.2 Å². The van der Waals surface area contributed by atoms with Crippen LogP contribution in [0.25, 0.3) is 0 Å².